The lowest BCUT2D eigenvalue weighted by molar-refractivity contribution is 0.244. The maximum atomic E-state index is 5.20. The van der Waals surface area contributed by atoms with Gasteiger partial charge in [0.2, 0.25) is 0 Å². The standard InChI is InChI=1S/C9H14O/c1-2-4-6-8-10-9-7-5-3-1/h1-2,7,9H,3-6,8H2/b2-1+,9-7+. The fraction of sp³-hybridized carbons (Fsp3) is 0.556. The molecule has 0 aromatic heterocycles. The van der Waals surface area contributed by atoms with Gasteiger partial charge in [-0.1, -0.05) is 12.2 Å². The van der Waals surface area contributed by atoms with Crippen LogP contribution >= 0.6 is 0 Å². The van der Waals surface area contributed by atoms with Gasteiger partial charge in [-0.25, -0.2) is 0 Å². The lowest BCUT2D eigenvalue weighted by Crippen LogP contribution is -1.86. The van der Waals surface area contributed by atoms with Gasteiger partial charge in [0.1, 0.15) is 0 Å². The molecule has 0 aromatic rings. The molecule has 0 fully saturated rings. The molecule has 1 heteroatoms. The number of hydrogen-bond donors (Lipinski definition) is 0. The molecule has 0 unspecified atom stereocenters. The van der Waals surface area contributed by atoms with Crippen molar-refractivity contribution in [3.05, 3.63) is 24.5 Å². The fourth-order valence-electron chi connectivity index (χ4n) is 0.917. The average Bonchev–Trinajstić information content (AvgIpc) is 2.01. The smallest absolute Gasteiger partial charge is 0.0876 e. The van der Waals surface area contributed by atoms with Gasteiger partial charge in [-0.05, 0) is 31.8 Å². The van der Waals surface area contributed by atoms with E-state index in [1.165, 1.54) is 0 Å². The summed E-state index contributed by atoms with van der Waals surface area (Å²) in [4.78, 5) is 0. The molecule has 0 aliphatic carbocycles. The van der Waals surface area contributed by atoms with Crippen molar-refractivity contribution in [1.29, 1.82) is 0 Å². The molecular weight excluding hydrogens is 124 g/mol. The topological polar surface area (TPSA) is 9.23 Å². The Kier molecular flexibility index (Phi) is 3.76. The van der Waals surface area contributed by atoms with E-state index in [0.717, 1.165) is 32.3 Å². The first-order valence-corrected chi connectivity index (χ1v) is 3.92. The van der Waals surface area contributed by atoms with E-state index in [4.69, 9.17) is 4.74 Å². The first kappa shape index (κ1) is 7.39. The molecule has 0 N–H and O–H groups in total. The van der Waals surface area contributed by atoms with Crippen molar-refractivity contribution in [3.63, 3.8) is 0 Å². The van der Waals surface area contributed by atoms with Gasteiger partial charge in [-0.15, -0.1) is 0 Å². The van der Waals surface area contributed by atoms with Crippen LogP contribution in [0.5, 0.6) is 0 Å². The van der Waals surface area contributed by atoms with Gasteiger partial charge < -0.3 is 4.74 Å². The van der Waals surface area contributed by atoms with Gasteiger partial charge in [0.15, 0.2) is 0 Å². The fourth-order valence-corrected chi connectivity index (χ4v) is 0.917. The minimum Gasteiger partial charge on any atom is -0.502 e. The zero-order valence-corrected chi connectivity index (χ0v) is 6.25. The zero-order valence-electron chi connectivity index (χ0n) is 6.25. The van der Waals surface area contributed by atoms with Gasteiger partial charge in [0.05, 0.1) is 12.9 Å². The van der Waals surface area contributed by atoms with Gasteiger partial charge in [0.25, 0.3) is 0 Å². The van der Waals surface area contributed by atoms with Gasteiger partial charge in [-0.2, -0.15) is 0 Å². The Hall–Kier alpha value is -0.720. The first-order chi connectivity index (χ1) is 5.00. The van der Waals surface area contributed by atoms with Gasteiger partial charge >= 0.3 is 0 Å². The second kappa shape index (κ2) is 5.10. The van der Waals surface area contributed by atoms with E-state index in [1.807, 2.05) is 6.26 Å². The molecule has 56 valence electrons. The molecule has 0 atom stereocenters. The molecule has 1 aliphatic rings. The molecule has 0 radical (unpaired) electrons. The minimum absolute atomic E-state index is 0.862. The highest BCUT2D eigenvalue weighted by Gasteiger charge is 1.85. The Bertz CT molecular complexity index is 109. The SMILES string of the molecule is C1=C/CCCO/C=C/CC/1. The summed E-state index contributed by atoms with van der Waals surface area (Å²) in [6.45, 7) is 0.862. The molecule has 0 spiro atoms. The summed E-state index contributed by atoms with van der Waals surface area (Å²) in [7, 11) is 0. The van der Waals surface area contributed by atoms with Crippen LogP contribution < -0.4 is 0 Å². The second-order valence-electron chi connectivity index (χ2n) is 2.43. The van der Waals surface area contributed by atoms with E-state index >= 15 is 0 Å². The molecule has 0 saturated carbocycles. The highest BCUT2D eigenvalue weighted by molar-refractivity contribution is 4.86. The normalized spacial score (nSPS) is 26.4. The van der Waals surface area contributed by atoms with E-state index in [1.54, 1.807) is 0 Å². The summed E-state index contributed by atoms with van der Waals surface area (Å²) in [5.41, 5.74) is 0. The van der Waals surface area contributed by atoms with Crippen molar-refractivity contribution in [2.75, 3.05) is 6.61 Å². The Labute approximate surface area is 62.4 Å². The number of rotatable bonds is 0. The lowest BCUT2D eigenvalue weighted by Gasteiger charge is -1.99. The van der Waals surface area contributed by atoms with Crippen molar-refractivity contribution in [2.24, 2.45) is 0 Å². The third kappa shape index (κ3) is 3.33. The predicted molar refractivity (Wildman–Crippen MR) is 42.7 cm³/mol. The minimum atomic E-state index is 0.862. The molecule has 1 aliphatic heterocycles. The quantitative estimate of drug-likeness (QED) is 0.467. The monoisotopic (exact) mass is 138 g/mol. The number of allylic oxidation sites excluding steroid dienone is 3. The Balaban J connectivity index is 2.23. The summed E-state index contributed by atoms with van der Waals surface area (Å²) >= 11 is 0. The van der Waals surface area contributed by atoms with E-state index in [-0.39, 0.29) is 0 Å². The van der Waals surface area contributed by atoms with Crippen LogP contribution in [0.25, 0.3) is 0 Å². The highest BCUT2D eigenvalue weighted by atomic mass is 16.5. The molecule has 1 heterocycles. The summed E-state index contributed by atoms with van der Waals surface area (Å²) in [6.07, 6.45) is 12.9. The van der Waals surface area contributed by atoms with Crippen molar-refractivity contribution >= 4 is 0 Å². The van der Waals surface area contributed by atoms with E-state index < -0.39 is 0 Å². The average molecular weight is 138 g/mol. The largest absolute Gasteiger partial charge is 0.502 e. The van der Waals surface area contributed by atoms with Crippen LogP contribution in [-0.4, -0.2) is 6.61 Å². The Morgan fingerprint density at radius 3 is 2.70 bits per heavy atom. The number of hydrogen-bond acceptors (Lipinski definition) is 1. The van der Waals surface area contributed by atoms with Crippen molar-refractivity contribution in [2.45, 2.75) is 25.7 Å². The third-order valence-electron chi connectivity index (χ3n) is 1.49. The highest BCUT2D eigenvalue weighted by Crippen LogP contribution is 2.00. The summed E-state index contributed by atoms with van der Waals surface area (Å²) in [6, 6.07) is 0. The van der Waals surface area contributed by atoms with Crippen LogP contribution in [-0.2, 0) is 4.74 Å². The molecule has 0 amide bonds. The summed E-state index contributed by atoms with van der Waals surface area (Å²) < 4.78 is 5.20. The molecule has 1 rings (SSSR count). The van der Waals surface area contributed by atoms with E-state index in [2.05, 4.69) is 18.2 Å². The molecule has 1 nitrogen and oxygen atoms in total. The van der Waals surface area contributed by atoms with Crippen LogP contribution in [0, 0.1) is 0 Å². The van der Waals surface area contributed by atoms with Crippen molar-refractivity contribution in [3.8, 4) is 0 Å². The van der Waals surface area contributed by atoms with Crippen molar-refractivity contribution < 1.29 is 4.74 Å². The molecule has 0 bridgehead atoms. The van der Waals surface area contributed by atoms with E-state index in [9.17, 15) is 0 Å². The molecule has 10 heavy (non-hydrogen) atoms. The number of ether oxygens (including phenoxy) is 1. The molecular formula is C9H14O. The van der Waals surface area contributed by atoms with Crippen LogP contribution in [0.2, 0.25) is 0 Å². The second-order valence-corrected chi connectivity index (χ2v) is 2.43. The summed E-state index contributed by atoms with van der Waals surface area (Å²) in [5.74, 6) is 0. The first-order valence-electron chi connectivity index (χ1n) is 3.92. The van der Waals surface area contributed by atoms with Crippen LogP contribution in [0.3, 0.4) is 0 Å². The summed E-state index contributed by atoms with van der Waals surface area (Å²) in [5, 5.41) is 0. The maximum absolute atomic E-state index is 5.20. The lowest BCUT2D eigenvalue weighted by atomic mass is 10.2. The Morgan fingerprint density at radius 2 is 1.70 bits per heavy atom. The zero-order chi connectivity index (χ0) is 7.07. The predicted octanol–water partition coefficient (Wildman–Crippen LogP) is 2.65. The molecule has 0 saturated heterocycles. The van der Waals surface area contributed by atoms with Crippen molar-refractivity contribution in [1.82, 2.24) is 0 Å². The maximum Gasteiger partial charge on any atom is 0.0876 e. The third-order valence-corrected chi connectivity index (χ3v) is 1.49. The van der Waals surface area contributed by atoms with Crippen LogP contribution in [0.1, 0.15) is 25.7 Å². The van der Waals surface area contributed by atoms with Gasteiger partial charge in [-0.3, -0.25) is 0 Å². The van der Waals surface area contributed by atoms with Gasteiger partial charge in [0, 0.05) is 0 Å². The van der Waals surface area contributed by atoms with Crippen LogP contribution in [0.15, 0.2) is 24.5 Å². The van der Waals surface area contributed by atoms with E-state index in [0.29, 0.717) is 0 Å². The van der Waals surface area contributed by atoms with Crippen LogP contribution in [0.4, 0.5) is 0 Å². The Morgan fingerprint density at radius 1 is 0.900 bits per heavy atom. The molecule has 0 aromatic carbocycles.